The molecule has 1 atom stereocenters. The van der Waals surface area contributed by atoms with Gasteiger partial charge in [-0.05, 0) is 45.2 Å². The molecule has 152 valence electrons. The number of hydrogen-bond acceptors (Lipinski definition) is 4. The first-order chi connectivity index (χ1) is 14.1. The van der Waals surface area contributed by atoms with Crippen LogP contribution in [0.4, 0.5) is 0 Å². The van der Waals surface area contributed by atoms with Gasteiger partial charge < -0.3 is 9.13 Å². The Labute approximate surface area is 176 Å². The van der Waals surface area contributed by atoms with Crippen LogP contribution in [0.5, 0.6) is 0 Å². The van der Waals surface area contributed by atoms with E-state index in [0.717, 1.165) is 47.3 Å². The minimum Gasteiger partial charge on any atom is -0.341 e. The number of benzene rings is 1. The lowest BCUT2D eigenvalue weighted by Crippen LogP contribution is -2.12. The van der Waals surface area contributed by atoms with E-state index in [9.17, 15) is 4.79 Å². The molecule has 0 fully saturated rings. The van der Waals surface area contributed by atoms with Crippen molar-refractivity contribution in [1.82, 2.24) is 19.3 Å². The van der Waals surface area contributed by atoms with E-state index < -0.39 is 0 Å². The van der Waals surface area contributed by atoms with Crippen molar-refractivity contribution in [2.24, 2.45) is 0 Å². The van der Waals surface area contributed by atoms with E-state index in [1.54, 1.807) is 0 Å². The highest BCUT2D eigenvalue weighted by Crippen LogP contribution is 2.28. The highest BCUT2D eigenvalue weighted by atomic mass is 32.2. The van der Waals surface area contributed by atoms with Crippen LogP contribution in [0.25, 0.3) is 0 Å². The third-order valence-electron chi connectivity index (χ3n) is 5.86. The molecule has 6 heteroatoms. The van der Waals surface area contributed by atoms with E-state index in [-0.39, 0.29) is 11.8 Å². The van der Waals surface area contributed by atoms with Crippen LogP contribution in [-0.4, -0.2) is 30.9 Å². The summed E-state index contributed by atoms with van der Waals surface area (Å²) in [5.41, 5.74) is 4.20. The number of aromatic nitrogens is 4. The van der Waals surface area contributed by atoms with Crippen molar-refractivity contribution in [3.8, 4) is 0 Å². The van der Waals surface area contributed by atoms with Crippen LogP contribution < -0.4 is 0 Å². The Morgan fingerprint density at radius 3 is 2.72 bits per heavy atom. The van der Waals surface area contributed by atoms with Gasteiger partial charge in [0.2, 0.25) is 0 Å². The van der Waals surface area contributed by atoms with Crippen LogP contribution >= 0.6 is 11.8 Å². The minimum atomic E-state index is 0.153. The Kier molecular flexibility index (Phi) is 5.90. The molecule has 0 amide bonds. The first-order valence-corrected chi connectivity index (χ1v) is 11.4. The molecular weight excluding hydrogens is 380 g/mol. The van der Waals surface area contributed by atoms with Gasteiger partial charge in [-0.1, -0.05) is 48.5 Å². The highest BCUT2D eigenvalue weighted by Gasteiger charge is 2.21. The van der Waals surface area contributed by atoms with E-state index in [1.165, 1.54) is 30.2 Å². The summed E-state index contributed by atoms with van der Waals surface area (Å²) in [5, 5.41) is 9.55. The van der Waals surface area contributed by atoms with E-state index in [4.69, 9.17) is 0 Å². The van der Waals surface area contributed by atoms with Gasteiger partial charge in [-0.25, -0.2) is 0 Å². The zero-order valence-electron chi connectivity index (χ0n) is 17.4. The number of fused-ring (bicyclic) bond motifs is 1. The molecule has 0 N–H and O–H groups in total. The third-order valence-corrected chi connectivity index (χ3v) is 6.83. The molecule has 1 aliphatic heterocycles. The maximum absolute atomic E-state index is 13.0. The standard InChI is InChI=1S/C23H28N4OS/c1-16-14-20(18(3)27(16)17(2)19-10-6-4-7-11-19)21(28)15-29-23-25-24-22-12-8-5-9-13-26(22)23/h4,6-7,10-11,14,17H,5,8-9,12-13,15H2,1-3H3. The molecule has 0 radical (unpaired) electrons. The van der Waals surface area contributed by atoms with Gasteiger partial charge in [0, 0.05) is 29.9 Å². The van der Waals surface area contributed by atoms with E-state index in [0.29, 0.717) is 5.75 Å². The second-order valence-electron chi connectivity index (χ2n) is 7.81. The maximum Gasteiger partial charge on any atom is 0.191 e. The molecule has 1 unspecified atom stereocenters. The Morgan fingerprint density at radius 2 is 1.93 bits per heavy atom. The lowest BCUT2D eigenvalue weighted by Gasteiger charge is -2.19. The van der Waals surface area contributed by atoms with Gasteiger partial charge in [0.25, 0.3) is 0 Å². The summed E-state index contributed by atoms with van der Waals surface area (Å²) in [6, 6.07) is 12.6. The molecule has 4 rings (SSSR count). The van der Waals surface area contributed by atoms with Gasteiger partial charge >= 0.3 is 0 Å². The van der Waals surface area contributed by atoms with Crippen LogP contribution in [0.15, 0.2) is 41.6 Å². The van der Waals surface area contributed by atoms with Crippen molar-refractivity contribution in [2.45, 2.75) is 64.2 Å². The predicted octanol–water partition coefficient (Wildman–Crippen LogP) is 5.01. The number of carbonyl (C=O) groups is 1. The average molecular weight is 409 g/mol. The molecule has 29 heavy (non-hydrogen) atoms. The first kappa shape index (κ1) is 20.0. The summed E-state index contributed by atoms with van der Waals surface area (Å²) in [6.07, 6.45) is 4.55. The Balaban J connectivity index is 1.51. The van der Waals surface area contributed by atoms with Gasteiger partial charge in [-0.3, -0.25) is 4.79 Å². The van der Waals surface area contributed by atoms with Crippen LogP contribution in [-0.2, 0) is 13.0 Å². The molecule has 0 bridgehead atoms. The lowest BCUT2D eigenvalue weighted by molar-refractivity contribution is 0.102. The van der Waals surface area contributed by atoms with Gasteiger partial charge in [0.1, 0.15) is 5.82 Å². The molecule has 2 aromatic heterocycles. The summed E-state index contributed by atoms with van der Waals surface area (Å²) >= 11 is 1.51. The second-order valence-corrected chi connectivity index (χ2v) is 8.76. The summed E-state index contributed by atoms with van der Waals surface area (Å²) in [5.74, 6) is 1.61. The third kappa shape index (κ3) is 4.04. The van der Waals surface area contributed by atoms with Crippen molar-refractivity contribution in [1.29, 1.82) is 0 Å². The highest BCUT2D eigenvalue weighted by molar-refractivity contribution is 7.99. The quantitative estimate of drug-likeness (QED) is 0.425. The topological polar surface area (TPSA) is 52.7 Å². The van der Waals surface area contributed by atoms with Crippen molar-refractivity contribution in [3.05, 3.63) is 64.7 Å². The summed E-state index contributed by atoms with van der Waals surface area (Å²) in [7, 11) is 0. The normalized spacial score (nSPS) is 15.0. The van der Waals surface area contributed by atoms with E-state index >= 15 is 0 Å². The fourth-order valence-electron chi connectivity index (χ4n) is 4.31. The monoisotopic (exact) mass is 408 g/mol. The van der Waals surface area contributed by atoms with Crippen molar-refractivity contribution < 1.29 is 4.79 Å². The number of nitrogens with zero attached hydrogens (tertiary/aromatic N) is 4. The van der Waals surface area contributed by atoms with Gasteiger partial charge in [0.05, 0.1) is 11.8 Å². The minimum absolute atomic E-state index is 0.153. The number of rotatable bonds is 6. The van der Waals surface area contributed by atoms with Crippen LogP contribution in [0.2, 0.25) is 0 Å². The SMILES string of the molecule is Cc1cc(C(=O)CSc2nnc3n2CCCCC3)c(C)n1C(C)c1ccccc1. The fraction of sp³-hybridized carbons (Fsp3) is 0.435. The number of carbonyl (C=O) groups excluding carboxylic acids is 1. The number of aryl methyl sites for hydroxylation is 2. The van der Waals surface area contributed by atoms with Gasteiger partial charge in [0.15, 0.2) is 10.9 Å². The van der Waals surface area contributed by atoms with Crippen molar-refractivity contribution in [3.63, 3.8) is 0 Å². The summed E-state index contributed by atoms with van der Waals surface area (Å²) in [6.45, 7) is 7.27. The Morgan fingerprint density at radius 1 is 1.14 bits per heavy atom. The van der Waals surface area contributed by atoms with Gasteiger partial charge in [-0.2, -0.15) is 0 Å². The Bertz CT molecular complexity index is 1010. The van der Waals surface area contributed by atoms with Crippen LogP contribution in [0.1, 0.15) is 65.4 Å². The van der Waals surface area contributed by atoms with Crippen LogP contribution in [0.3, 0.4) is 0 Å². The molecule has 3 heterocycles. The predicted molar refractivity (Wildman–Crippen MR) is 117 cm³/mol. The molecule has 0 saturated heterocycles. The number of hydrogen-bond donors (Lipinski definition) is 0. The summed E-state index contributed by atoms with van der Waals surface area (Å²) < 4.78 is 4.46. The van der Waals surface area contributed by atoms with E-state index in [2.05, 4.69) is 57.4 Å². The molecule has 5 nitrogen and oxygen atoms in total. The number of ketones is 1. The molecule has 0 spiro atoms. The number of thioether (sulfide) groups is 1. The Hall–Kier alpha value is -2.34. The van der Waals surface area contributed by atoms with E-state index in [1.807, 2.05) is 19.1 Å². The molecule has 3 aromatic rings. The largest absolute Gasteiger partial charge is 0.341 e. The smallest absolute Gasteiger partial charge is 0.191 e. The molecule has 0 saturated carbocycles. The molecular formula is C23H28N4OS. The molecule has 1 aliphatic rings. The number of Topliss-reactive ketones (excluding diaryl/α,β-unsaturated/α-hetero) is 1. The summed E-state index contributed by atoms with van der Waals surface area (Å²) in [4.78, 5) is 13.0. The zero-order valence-corrected chi connectivity index (χ0v) is 18.2. The molecule has 0 aliphatic carbocycles. The second kappa shape index (κ2) is 8.57. The lowest BCUT2D eigenvalue weighted by atomic mass is 10.1. The molecule has 1 aromatic carbocycles. The fourth-order valence-corrected chi connectivity index (χ4v) is 5.18. The zero-order chi connectivity index (χ0) is 20.4. The van der Waals surface area contributed by atoms with Crippen molar-refractivity contribution in [2.75, 3.05) is 5.75 Å². The average Bonchev–Trinajstić information content (AvgIpc) is 3.15. The van der Waals surface area contributed by atoms with Crippen molar-refractivity contribution >= 4 is 17.5 Å². The van der Waals surface area contributed by atoms with Gasteiger partial charge in [-0.15, -0.1) is 10.2 Å². The first-order valence-electron chi connectivity index (χ1n) is 10.4. The maximum atomic E-state index is 13.0. The van der Waals surface area contributed by atoms with Crippen LogP contribution in [0, 0.1) is 13.8 Å².